The van der Waals surface area contributed by atoms with Crippen LogP contribution in [0, 0.1) is 5.92 Å². The SMILES string of the molecule is CCOC(=O)/C=C(C)/C=C/C[C@@H](C)[C@@H](O)c1ccc(OCCO)cc1. The van der Waals surface area contributed by atoms with Crippen LogP contribution in [0.15, 0.2) is 48.1 Å². The van der Waals surface area contributed by atoms with Crippen LogP contribution in [0.1, 0.15) is 38.9 Å². The molecule has 5 heteroatoms. The lowest BCUT2D eigenvalue weighted by atomic mass is 9.94. The molecule has 0 unspecified atom stereocenters. The second kappa shape index (κ2) is 11.4. The molecule has 25 heavy (non-hydrogen) atoms. The van der Waals surface area contributed by atoms with Crippen LogP contribution in [-0.4, -0.2) is 36.0 Å². The Labute approximate surface area is 149 Å². The Balaban J connectivity index is 2.54. The number of aliphatic hydroxyl groups is 2. The summed E-state index contributed by atoms with van der Waals surface area (Å²) < 4.78 is 10.2. The van der Waals surface area contributed by atoms with Gasteiger partial charge in [0.1, 0.15) is 12.4 Å². The molecule has 0 spiro atoms. The zero-order valence-corrected chi connectivity index (χ0v) is 15.1. The highest BCUT2D eigenvalue weighted by molar-refractivity contribution is 5.83. The summed E-state index contributed by atoms with van der Waals surface area (Å²) in [5, 5.41) is 19.2. The monoisotopic (exact) mass is 348 g/mol. The van der Waals surface area contributed by atoms with Gasteiger partial charge in [-0.3, -0.25) is 0 Å². The number of benzene rings is 1. The highest BCUT2D eigenvalue weighted by Crippen LogP contribution is 2.26. The molecule has 0 aliphatic rings. The summed E-state index contributed by atoms with van der Waals surface area (Å²) in [5.41, 5.74) is 1.63. The summed E-state index contributed by atoms with van der Waals surface area (Å²) in [4.78, 5) is 11.3. The Morgan fingerprint density at radius 2 is 1.96 bits per heavy atom. The molecule has 5 nitrogen and oxygen atoms in total. The van der Waals surface area contributed by atoms with Crippen molar-refractivity contribution < 1.29 is 24.5 Å². The molecule has 1 rings (SSSR count). The van der Waals surface area contributed by atoms with E-state index in [4.69, 9.17) is 14.6 Å². The first-order valence-corrected chi connectivity index (χ1v) is 8.51. The summed E-state index contributed by atoms with van der Waals surface area (Å²) in [6.45, 7) is 6.15. The molecular formula is C20H28O5. The highest BCUT2D eigenvalue weighted by atomic mass is 16.5. The largest absolute Gasteiger partial charge is 0.491 e. The van der Waals surface area contributed by atoms with Crippen molar-refractivity contribution in [1.82, 2.24) is 0 Å². The highest BCUT2D eigenvalue weighted by Gasteiger charge is 2.15. The first-order valence-electron chi connectivity index (χ1n) is 8.51. The standard InChI is InChI=1S/C20H28O5/c1-4-24-19(22)14-15(2)6-5-7-16(3)20(23)17-8-10-18(11-9-17)25-13-12-21/h5-6,8-11,14,16,20-21,23H,4,7,12-13H2,1-3H3/b6-5+,15-14+/t16-,20-/m1/s1. The molecule has 0 radical (unpaired) electrons. The fourth-order valence-electron chi connectivity index (χ4n) is 2.27. The molecule has 0 aliphatic heterocycles. The Bertz CT molecular complexity index is 574. The van der Waals surface area contributed by atoms with Gasteiger partial charge in [0.2, 0.25) is 0 Å². The predicted octanol–water partition coefficient (Wildman–Crippen LogP) is 3.18. The quantitative estimate of drug-likeness (QED) is 0.386. The molecule has 0 saturated heterocycles. The first kappa shape index (κ1) is 20.9. The van der Waals surface area contributed by atoms with E-state index in [2.05, 4.69) is 0 Å². The first-order chi connectivity index (χ1) is 12.0. The van der Waals surface area contributed by atoms with Gasteiger partial charge in [0.05, 0.1) is 19.3 Å². The van der Waals surface area contributed by atoms with Crippen molar-refractivity contribution in [2.24, 2.45) is 5.92 Å². The van der Waals surface area contributed by atoms with Gasteiger partial charge >= 0.3 is 5.97 Å². The number of ether oxygens (including phenoxy) is 2. The van der Waals surface area contributed by atoms with Gasteiger partial charge in [-0.2, -0.15) is 0 Å². The zero-order chi connectivity index (χ0) is 18.7. The lowest BCUT2D eigenvalue weighted by Gasteiger charge is -2.18. The van der Waals surface area contributed by atoms with Gasteiger partial charge in [-0.25, -0.2) is 4.79 Å². The van der Waals surface area contributed by atoms with Gasteiger partial charge in [-0.15, -0.1) is 0 Å². The van der Waals surface area contributed by atoms with Crippen molar-refractivity contribution in [1.29, 1.82) is 0 Å². The van der Waals surface area contributed by atoms with Crippen molar-refractivity contribution in [2.45, 2.75) is 33.3 Å². The Morgan fingerprint density at radius 3 is 2.56 bits per heavy atom. The van der Waals surface area contributed by atoms with Gasteiger partial charge in [-0.1, -0.05) is 31.2 Å². The second-order valence-corrected chi connectivity index (χ2v) is 5.84. The average molecular weight is 348 g/mol. The number of aliphatic hydroxyl groups excluding tert-OH is 2. The maximum absolute atomic E-state index is 11.3. The zero-order valence-electron chi connectivity index (χ0n) is 15.1. The van der Waals surface area contributed by atoms with Gasteiger partial charge < -0.3 is 19.7 Å². The number of carbonyl (C=O) groups excluding carboxylic acids is 1. The van der Waals surface area contributed by atoms with Crippen LogP contribution >= 0.6 is 0 Å². The van der Waals surface area contributed by atoms with E-state index in [0.717, 1.165) is 11.1 Å². The number of esters is 1. The molecule has 1 aromatic carbocycles. The van der Waals surface area contributed by atoms with Gasteiger partial charge in [0.15, 0.2) is 0 Å². The van der Waals surface area contributed by atoms with E-state index in [-0.39, 0.29) is 25.1 Å². The fraction of sp³-hybridized carbons (Fsp3) is 0.450. The predicted molar refractivity (Wildman–Crippen MR) is 97.3 cm³/mol. The lowest BCUT2D eigenvalue weighted by molar-refractivity contribution is -0.137. The molecule has 1 aromatic rings. The number of rotatable bonds is 10. The van der Waals surface area contributed by atoms with Crippen LogP contribution in [0.25, 0.3) is 0 Å². The van der Waals surface area contributed by atoms with Crippen LogP contribution in [0.3, 0.4) is 0 Å². The van der Waals surface area contributed by atoms with E-state index in [1.54, 1.807) is 19.1 Å². The number of hydrogen-bond acceptors (Lipinski definition) is 5. The number of allylic oxidation sites excluding steroid dienone is 3. The van der Waals surface area contributed by atoms with Gasteiger partial charge in [0, 0.05) is 6.08 Å². The summed E-state index contributed by atoms with van der Waals surface area (Å²) in [5.74, 6) is 0.342. The van der Waals surface area contributed by atoms with E-state index in [0.29, 0.717) is 18.8 Å². The summed E-state index contributed by atoms with van der Waals surface area (Å²) in [6.07, 6.45) is 5.33. The third kappa shape index (κ3) is 8.01. The molecule has 2 N–H and O–H groups in total. The maximum atomic E-state index is 11.3. The molecule has 0 aliphatic carbocycles. The Hall–Kier alpha value is -2.11. The maximum Gasteiger partial charge on any atom is 0.330 e. The van der Waals surface area contributed by atoms with E-state index < -0.39 is 6.10 Å². The third-order valence-corrected chi connectivity index (χ3v) is 3.64. The minimum Gasteiger partial charge on any atom is -0.491 e. The van der Waals surface area contributed by atoms with E-state index in [1.165, 1.54) is 6.08 Å². The molecule has 2 atom stereocenters. The van der Waals surface area contributed by atoms with Crippen molar-refractivity contribution >= 4 is 5.97 Å². The molecule has 0 aromatic heterocycles. The van der Waals surface area contributed by atoms with Crippen molar-refractivity contribution in [3.8, 4) is 5.75 Å². The third-order valence-electron chi connectivity index (χ3n) is 3.64. The van der Waals surface area contributed by atoms with Crippen molar-refractivity contribution in [3.63, 3.8) is 0 Å². The van der Waals surface area contributed by atoms with E-state index in [1.807, 2.05) is 38.1 Å². The number of hydrogen-bond donors (Lipinski definition) is 2. The molecule has 0 amide bonds. The summed E-state index contributed by atoms with van der Waals surface area (Å²) in [6, 6.07) is 7.21. The summed E-state index contributed by atoms with van der Waals surface area (Å²) >= 11 is 0. The average Bonchev–Trinajstić information content (AvgIpc) is 2.59. The smallest absolute Gasteiger partial charge is 0.330 e. The lowest BCUT2D eigenvalue weighted by Crippen LogP contribution is -2.08. The van der Waals surface area contributed by atoms with Crippen molar-refractivity contribution in [2.75, 3.05) is 19.8 Å². The normalized spacial score (nSPS) is 14.4. The molecular weight excluding hydrogens is 320 g/mol. The topological polar surface area (TPSA) is 76.0 Å². The molecule has 138 valence electrons. The van der Waals surface area contributed by atoms with Gasteiger partial charge in [0.25, 0.3) is 0 Å². The van der Waals surface area contributed by atoms with Gasteiger partial charge in [-0.05, 0) is 49.5 Å². The Morgan fingerprint density at radius 1 is 1.28 bits per heavy atom. The minimum absolute atomic E-state index is 0.0239. The van der Waals surface area contributed by atoms with Crippen LogP contribution in [-0.2, 0) is 9.53 Å². The Kier molecular flexibility index (Phi) is 9.58. The minimum atomic E-state index is -0.592. The fourth-order valence-corrected chi connectivity index (χ4v) is 2.27. The molecule has 0 saturated carbocycles. The van der Waals surface area contributed by atoms with Crippen LogP contribution in [0.4, 0.5) is 0 Å². The van der Waals surface area contributed by atoms with Crippen LogP contribution in [0.2, 0.25) is 0 Å². The van der Waals surface area contributed by atoms with E-state index in [9.17, 15) is 9.90 Å². The second-order valence-electron chi connectivity index (χ2n) is 5.84. The van der Waals surface area contributed by atoms with Crippen molar-refractivity contribution in [3.05, 3.63) is 53.6 Å². The van der Waals surface area contributed by atoms with E-state index >= 15 is 0 Å². The summed E-state index contributed by atoms with van der Waals surface area (Å²) in [7, 11) is 0. The van der Waals surface area contributed by atoms with Crippen LogP contribution < -0.4 is 4.74 Å². The molecule has 0 fully saturated rings. The molecule has 0 bridgehead atoms. The molecule has 0 heterocycles. The number of carbonyl (C=O) groups is 1. The van der Waals surface area contributed by atoms with Crippen LogP contribution in [0.5, 0.6) is 5.75 Å².